The fraction of sp³-hybridized carbons (Fsp3) is 0.357. The number of rotatable bonds is 5. The van der Waals surface area contributed by atoms with Crippen molar-refractivity contribution in [1.29, 1.82) is 0 Å². The molecule has 0 spiro atoms. The maximum Gasteiger partial charge on any atom is 0.223 e. The van der Waals surface area contributed by atoms with Crippen LogP contribution in [0.2, 0.25) is 0 Å². The van der Waals surface area contributed by atoms with Crippen LogP contribution >= 0.6 is 0 Å². The van der Waals surface area contributed by atoms with E-state index >= 15 is 0 Å². The first kappa shape index (κ1) is 14.2. The molecular formula is C14H17FN4O. The first-order valence-corrected chi connectivity index (χ1v) is 6.48. The summed E-state index contributed by atoms with van der Waals surface area (Å²) in [5.74, 6) is 0.481. The molecule has 6 heteroatoms. The molecule has 5 nitrogen and oxygen atoms in total. The zero-order chi connectivity index (χ0) is 14.5. The lowest BCUT2D eigenvalue weighted by Gasteiger charge is -2.11. The molecule has 2 aromatic rings. The van der Waals surface area contributed by atoms with E-state index in [1.54, 1.807) is 18.5 Å². The molecule has 0 aromatic carbocycles. The molecule has 0 bridgehead atoms. The molecule has 2 rings (SSSR count). The van der Waals surface area contributed by atoms with Crippen molar-refractivity contribution in [2.45, 2.75) is 26.9 Å². The lowest BCUT2D eigenvalue weighted by atomic mass is 10.2. The van der Waals surface area contributed by atoms with Gasteiger partial charge in [-0.3, -0.25) is 4.98 Å². The van der Waals surface area contributed by atoms with E-state index in [2.05, 4.69) is 20.3 Å². The number of hydrogen-bond acceptors (Lipinski definition) is 5. The quantitative estimate of drug-likeness (QED) is 0.910. The number of aromatic nitrogens is 3. The van der Waals surface area contributed by atoms with Gasteiger partial charge in [-0.1, -0.05) is 0 Å². The third-order valence-electron chi connectivity index (χ3n) is 2.44. The zero-order valence-electron chi connectivity index (χ0n) is 11.7. The Bertz CT molecular complexity index is 589. The van der Waals surface area contributed by atoms with E-state index in [1.807, 2.05) is 20.8 Å². The molecule has 0 amide bonds. The van der Waals surface area contributed by atoms with Crippen LogP contribution in [0, 0.1) is 5.82 Å². The van der Waals surface area contributed by atoms with Crippen LogP contribution in [0.25, 0.3) is 11.3 Å². The molecule has 1 N–H and O–H groups in total. The molecule has 0 aliphatic heterocycles. The summed E-state index contributed by atoms with van der Waals surface area (Å²) in [6.07, 6.45) is 4.32. The minimum absolute atomic E-state index is 0.0274. The molecule has 0 aliphatic carbocycles. The number of nitrogens with one attached hydrogen (secondary N) is 1. The van der Waals surface area contributed by atoms with Crippen LogP contribution < -0.4 is 10.1 Å². The zero-order valence-corrected chi connectivity index (χ0v) is 11.7. The number of anilines is 1. The third kappa shape index (κ3) is 3.40. The Hall–Kier alpha value is -2.24. The van der Waals surface area contributed by atoms with E-state index in [9.17, 15) is 4.39 Å². The van der Waals surface area contributed by atoms with Gasteiger partial charge in [-0.15, -0.1) is 0 Å². The average molecular weight is 276 g/mol. The fourth-order valence-corrected chi connectivity index (χ4v) is 1.70. The predicted octanol–water partition coefficient (Wildman–Crippen LogP) is 2.90. The molecule has 0 saturated carbocycles. The van der Waals surface area contributed by atoms with Gasteiger partial charge in [0, 0.05) is 18.3 Å². The van der Waals surface area contributed by atoms with Gasteiger partial charge in [0.05, 0.1) is 18.5 Å². The molecule has 2 heterocycles. The maximum absolute atomic E-state index is 13.9. The first-order chi connectivity index (χ1) is 9.60. The topological polar surface area (TPSA) is 59.9 Å². The van der Waals surface area contributed by atoms with Gasteiger partial charge in [-0.05, 0) is 26.8 Å². The van der Waals surface area contributed by atoms with Crippen LogP contribution in [-0.4, -0.2) is 27.6 Å². The largest absolute Gasteiger partial charge is 0.489 e. The van der Waals surface area contributed by atoms with Crippen LogP contribution in [0.15, 0.2) is 24.7 Å². The molecule has 2 aromatic heterocycles. The summed E-state index contributed by atoms with van der Waals surface area (Å²) >= 11 is 0. The molecule has 0 saturated heterocycles. The van der Waals surface area contributed by atoms with Crippen molar-refractivity contribution in [3.8, 4) is 17.0 Å². The van der Waals surface area contributed by atoms with Gasteiger partial charge in [0.2, 0.25) is 5.95 Å². The molecule has 0 radical (unpaired) electrons. The van der Waals surface area contributed by atoms with Gasteiger partial charge < -0.3 is 10.1 Å². The van der Waals surface area contributed by atoms with Crippen LogP contribution in [-0.2, 0) is 0 Å². The smallest absolute Gasteiger partial charge is 0.223 e. The number of nitrogens with zero attached hydrogens (tertiary/aromatic N) is 3. The number of halogens is 1. The summed E-state index contributed by atoms with van der Waals surface area (Å²) in [4.78, 5) is 12.1. The number of hydrogen-bond donors (Lipinski definition) is 1. The van der Waals surface area contributed by atoms with E-state index < -0.39 is 5.82 Å². The number of ether oxygens (including phenoxy) is 1. The molecule has 0 fully saturated rings. The normalized spacial score (nSPS) is 10.7. The predicted molar refractivity (Wildman–Crippen MR) is 75.1 cm³/mol. The van der Waals surface area contributed by atoms with E-state index in [4.69, 9.17) is 4.74 Å². The van der Waals surface area contributed by atoms with E-state index in [0.717, 1.165) is 6.20 Å². The van der Waals surface area contributed by atoms with Crippen molar-refractivity contribution in [3.63, 3.8) is 0 Å². The fourth-order valence-electron chi connectivity index (χ4n) is 1.70. The summed E-state index contributed by atoms with van der Waals surface area (Å²) in [7, 11) is 0. The highest BCUT2D eigenvalue weighted by atomic mass is 19.1. The summed E-state index contributed by atoms with van der Waals surface area (Å²) in [6, 6.07) is 1.72. The van der Waals surface area contributed by atoms with Gasteiger partial charge in [-0.25, -0.2) is 14.4 Å². The monoisotopic (exact) mass is 276 g/mol. The molecule has 0 aliphatic rings. The standard InChI is InChI=1S/C14H17FN4O/c1-4-17-14-18-8-12(15)13(19-14)10-5-11(7-16-6-10)20-9(2)3/h5-9H,4H2,1-3H3,(H,17,18,19). The van der Waals surface area contributed by atoms with Crippen LogP contribution in [0.4, 0.5) is 10.3 Å². The number of pyridine rings is 1. The molecule has 0 atom stereocenters. The van der Waals surface area contributed by atoms with Crippen molar-refractivity contribution in [1.82, 2.24) is 15.0 Å². The Morgan fingerprint density at radius 2 is 2.10 bits per heavy atom. The molecule has 20 heavy (non-hydrogen) atoms. The van der Waals surface area contributed by atoms with Crippen molar-refractivity contribution in [2.75, 3.05) is 11.9 Å². The Balaban J connectivity index is 2.37. The van der Waals surface area contributed by atoms with Gasteiger partial charge in [0.25, 0.3) is 0 Å². The van der Waals surface area contributed by atoms with Gasteiger partial charge in [0.1, 0.15) is 11.4 Å². The Morgan fingerprint density at radius 3 is 2.80 bits per heavy atom. The van der Waals surface area contributed by atoms with Crippen molar-refractivity contribution in [2.24, 2.45) is 0 Å². The van der Waals surface area contributed by atoms with E-state index in [0.29, 0.717) is 23.8 Å². The van der Waals surface area contributed by atoms with E-state index in [1.165, 1.54) is 0 Å². The highest BCUT2D eigenvalue weighted by Crippen LogP contribution is 2.24. The second kappa shape index (κ2) is 6.27. The summed E-state index contributed by atoms with van der Waals surface area (Å²) in [6.45, 7) is 6.42. The van der Waals surface area contributed by atoms with Crippen LogP contribution in [0.5, 0.6) is 5.75 Å². The Kier molecular flexibility index (Phi) is 4.45. The molecule has 106 valence electrons. The molecule has 0 unspecified atom stereocenters. The first-order valence-electron chi connectivity index (χ1n) is 6.48. The van der Waals surface area contributed by atoms with Gasteiger partial charge in [-0.2, -0.15) is 0 Å². The van der Waals surface area contributed by atoms with Crippen molar-refractivity contribution in [3.05, 3.63) is 30.5 Å². The van der Waals surface area contributed by atoms with Crippen LogP contribution in [0.3, 0.4) is 0 Å². The Labute approximate surface area is 117 Å². The third-order valence-corrected chi connectivity index (χ3v) is 2.44. The highest BCUT2D eigenvalue weighted by Gasteiger charge is 2.11. The van der Waals surface area contributed by atoms with Gasteiger partial charge in [0.15, 0.2) is 5.82 Å². The second-order valence-corrected chi connectivity index (χ2v) is 4.50. The summed E-state index contributed by atoms with van der Waals surface area (Å²) in [5.41, 5.74) is 0.764. The minimum Gasteiger partial charge on any atom is -0.489 e. The summed E-state index contributed by atoms with van der Waals surface area (Å²) < 4.78 is 19.4. The summed E-state index contributed by atoms with van der Waals surface area (Å²) in [5, 5.41) is 2.95. The molecular weight excluding hydrogens is 259 g/mol. The van der Waals surface area contributed by atoms with Gasteiger partial charge >= 0.3 is 0 Å². The SMILES string of the molecule is CCNc1ncc(F)c(-c2cncc(OC(C)C)c2)n1. The Morgan fingerprint density at radius 1 is 1.30 bits per heavy atom. The second-order valence-electron chi connectivity index (χ2n) is 4.50. The van der Waals surface area contributed by atoms with Crippen molar-refractivity contribution >= 4 is 5.95 Å². The van der Waals surface area contributed by atoms with E-state index in [-0.39, 0.29) is 11.8 Å². The lowest BCUT2D eigenvalue weighted by molar-refractivity contribution is 0.241. The maximum atomic E-state index is 13.9. The van der Waals surface area contributed by atoms with Crippen LogP contribution in [0.1, 0.15) is 20.8 Å². The highest BCUT2D eigenvalue weighted by molar-refractivity contribution is 5.61. The minimum atomic E-state index is -0.491. The van der Waals surface area contributed by atoms with Crippen molar-refractivity contribution < 1.29 is 9.13 Å². The average Bonchev–Trinajstić information content (AvgIpc) is 2.41. The lowest BCUT2D eigenvalue weighted by Crippen LogP contribution is -2.06.